The Morgan fingerprint density at radius 1 is 1.27 bits per heavy atom. The lowest BCUT2D eigenvalue weighted by atomic mass is 10.0. The number of anilines is 2. The first-order valence-electron chi connectivity index (χ1n) is 7.53. The summed E-state index contributed by atoms with van der Waals surface area (Å²) >= 11 is 0. The van der Waals surface area contributed by atoms with Gasteiger partial charge in [-0.25, -0.2) is 4.98 Å². The van der Waals surface area contributed by atoms with Gasteiger partial charge in [-0.3, -0.25) is 4.99 Å². The number of hydrogen-bond acceptors (Lipinski definition) is 5. The number of aliphatic imine (C=N–C) groups is 1. The summed E-state index contributed by atoms with van der Waals surface area (Å²) in [5, 5.41) is 4.62. The van der Waals surface area contributed by atoms with Crippen LogP contribution in [0.5, 0.6) is 0 Å². The number of nitrogens with two attached hydrogens (primary N) is 1. The lowest BCUT2D eigenvalue weighted by Gasteiger charge is -2.15. The molecule has 4 rings (SSSR count). The van der Waals surface area contributed by atoms with Gasteiger partial charge in [0.05, 0.1) is 24.7 Å². The minimum Gasteiger partial charge on any atom is -0.384 e. The number of aromatic nitrogens is 1. The maximum atomic E-state index is 5.98. The molecular formula is C17H18N4O. The Balaban J connectivity index is 1.73. The number of allylic oxidation sites excluding steroid dienone is 1. The fraction of sp³-hybridized carbons (Fsp3) is 0.294. The van der Waals surface area contributed by atoms with Gasteiger partial charge in [0, 0.05) is 30.0 Å². The molecule has 0 saturated carbocycles. The van der Waals surface area contributed by atoms with Gasteiger partial charge in [0.25, 0.3) is 0 Å². The Morgan fingerprint density at radius 3 is 3.00 bits per heavy atom. The second-order valence-electron chi connectivity index (χ2n) is 5.71. The predicted octanol–water partition coefficient (Wildman–Crippen LogP) is 2.49. The molecule has 2 aliphatic heterocycles. The number of nitrogens with one attached hydrogen (secondary N) is 1. The normalized spacial score (nSPS) is 20.5. The second-order valence-corrected chi connectivity index (χ2v) is 5.71. The predicted molar refractivity (Wildman–Crippen MR) is 90.3 cm³/mol. The van der Waals surface area contributed by atoms with Crippen LogP contribution in [0.25, 0.3) is 16.5 Å². The summed E-state index contributed by atoms with van der Waals surface area (Å²) in [5.41, 5.74) is 10.3. The summed E-state index contributed by atoms with van der Waals surface area (Å²) in [6, 6.07) is 8.56. The molecule has 0 radical (unpaired) electrons. The number of pyridine rings is 1. The summed E-state index contributed by atoms with van der Waals surface area (Å²) in [6.07, 6.45) is 4.91. The molecule has 0 unspecified atom stereocenters. The SMILES string of the molecule is Nc1cc(N[C@@H]2CCOC2)c2ccc(C3=CC=NC3)cc2n1. The van der Waals surface area contributed by atoms with E-state index in [4.69, 9.17) is 10.5 Å². The Bertz CT molecular complexity index is 776. The molecule has 5 nitrogen and oxygen atoms in total. The quantitative estimate of drug-likeness (QED) is 0.912. The standard InChI is InChI=1S/C17H18N4O/c18-17-8-16(20-13-4-6-22-10-13)14-2-1-11(7-15(14)21-17)12-3-5-19-9-12/h1-3,5,7-8,13H,4,6,9-10H2,(H3,18,20,21)/t13-/m1/s1. The average Bonchev–Trinajstić information content (AvgIpc) is 3.20. The Labute approximate surface area is 128 Å². The number of fused-ring (bicyclic) bond motifs is 1. The molecular weight excluding hydrogens is 276 g/mol. The molecule has 1 fully saturated rings. The van der Waals surface area contributed by atoms with E-state index in [1.165, 1.54) is 5.57 Å². The van der Waals surface area contributed by atoms with Gasteiger partial charge in [-0.15, -0.1) is 0 Å². The van der Waals surface area contributed by atoms with Crippen LogP contribution >= 0.6 is 0 Å². The lowest BCUT2D eigenvalue weighted by molar-refractivity contribution is 0.195. The maximum absolute atomic E-state index is 5.98. The number of ether oxygens (including phenoxy) is 1. The summed E-state index contributed by atoms with van der Waals surface area (Å²) in [6.45, 7) is 2.29. The summed E-state index contributed by atoms with van der Waals surface area (Å²) in [5.74, 6) is 0.530. The fourth-order valence-electron chi connectivity index (χ4n) is 2.97. The first-order valence-corrected chi connectivity index (χ1v) is 7.53. The number of hydrogen-bond donors (Lipinski definition) is 2. The van der Waals surface area contributed by atoms with Gasteiger partial charge >= 0.3 is 0 Å². The van der Waals surface area contributed by atoms with Gasteiger partial charge in [0.1, 0.15) is 5.82 Å². The molecule has 1 atom stereocenters. The molecule has 5 heteroatoms. The highest BCUT2D eigenvalue weighted by Crippen LogP contribution is 2.29. The van der Waals surface area contributed by atoms with Crippen LogP contribution in [-0.2, 0) is 4.74 Å². The van der Waals surface area contributed by atoms with E-state index in [1.54, 1.807) is 0 Å². The van der Waals surface area contributed by atoms with Crippen LogP contribution in [-0.4, -0.2) is 37.0 Å². The molecule has 1 aromatic heterocycles. The highest BCUT2D eigenvalue weighted by Gasteiger charge is 2.17. The Hall–Kier alpha value is -2.40. The zero-order valence-corrected chi connectivity index (χ0v) is 12.2. The van der Waals surface area contributed by atoms with Crippen LogP contribution < -0.4 is 11.1 Å². The number of benzene rings is 1. The Kier molecular flexibility index (Phi) is 3.27. The van der Waals surface area contributed by atoms with Gasteiger partial charge in [-0.05, 0) is 29.7 Å². The van der Waals surface area contributed by atoms with Crippen LogP contribution in [0.3, 0.4) is 0 Å². The Morgan fingerprint density at radius 2 is 2.23 bits per heavy atom. The third-order valence-corrected chi connectivity index (χ3v) is 4.13. The van der Waals surface area contributed by atoms with Crippen molar-refractivity contribution in [2.24, 2.45) is 4.99 Å². The van der Waals surface area contributed by atoms with E-state index in [9.17, 15) is 0 Å². The van der Waals surface area contributed by atoms with Crippen LogP contribution in [0.4, 0.5) is 11.5 Å². The van der Waals surface area contributed by atoms with Crippen molar-refractivity contribution in [3.05, 3.63) is 35.9 Å². The van der Waals surface area contributed by atoms with Crippen LogP contribution in [0, 0.1) is 0 Å². The average molecular weight is 294 g/mol. The third-order valence-electron chi connectivity index (χ3n) is 4.13. The lowest BCUT2D eigenvalue weighted by Crippen LogP contribution is -2.19. The maximum Gasteiger partial charge on any atom is 0.126 e. The molecule has 112 valence electrons. The van der Waals surface area contributed by atoms with Crippen molar-refractivity contribution < 1.29 is 4.74 Å². The van der Waals surface area contributed by atoms with E-state index in [0.717, 1.165) is 48.3 Å². The first-order chi connectivity index (χ1) is 10.8. The minimum absolute atomic E-state index is 0.343. The number of nitrogen functional groups attached to an aromatic ring is 1. The summed E-state index contributed by atoms with van der Waals surface area (Å²) in [4.78, 5) is 8.72. The zero-order chi connectivity index (χ0) is 14.9. The van der Waals surface area contributed by atoms with E-state index in [2.05, 4.69) is 33.5 Å². The van der Waals surface area contributed by atoms with Crippen molar-refractivity contribution in [2.75, 3.05) is 30.8 Å². The molecule has 0 bridgehead atoms. The minimum atomic E-state index is 0.343. The third kappa shape index (κ3) is 2.44. The highest BCUT2D eigenvalue weighted by molar-refractivity contribution is 5.97. The molecule has 1 aromatic carbocycles. The van der Waals surface area contributed by atoms with Crippen LogP contribution in [0.15, 0.2) is 35.3 Å². The van der Waals surface area contributed by atoms with Crippen molar-refractivity contribution in [1.29, 1.82) is 0 Å². The molecule has 2 aromatic rings. The highest BCUT2D eigenvalue weighted by atomic mass is 16.5. The molecule has 2 aliphatic rings. The van der Waals surface area contributed by atoms with Crippen LogP contribution in [0.2, 0.25) is 0 Å². The summed E-state index contributed by atoms with van der Waals surface area (Å²) in [7, 11) is 0. The largest absolute Gasteiger partial charge is 0.384 e. The molecule has 0 amide bonds. The molecule has 3 N–H and O–H groups in total. The van der Waals surface area contributed by atoms with Crippen molar-refractivity contribution >= 4 is 34.2 Å². The van der Waals surface area contributed by atoms with Gasteiger partial charge < -0.3 is 15.8 Å². The topological polar surface area (TPSA) is 72.5 Å². The molecule has 1 saturated heterocycles. The van der Waals surface area contributed by atoms with Crippen molar-refractivity contribution in [3.63, 3.8) is 0 Å². The monoisotopic (exact) mass is 294 g/mol. The molecule has 0 spiro atoms. The second kappa shape index (κ2) is 5.42. The van der Waals surface area contributed by atoms with Gasteiger partial charge in [-0.2, -0.15) is 0 Å². The number of nitrogens with zero attached hydrogens (tertiary/aromatic N) is 2. The van der Waals surface area contributed by atoms with Crippen LogP contribution in [0.1, 0.15) is 12.0 Å². The van der Waals surface area contributed by atoms with Crippen molar-refractivity contribution in [1.82, 2.24) is 4.98 Å². The smallest absolute Gasteiger partial charge is 0.126 e. The fourth-order valence-corrected chi connectivity index (χ4v) is 2.97. The van der Waals surface area contributed by atoms with E-state index in [-0.39, 0.29) is 0 Å². The molecule has 22 heavy (non-hydrogen) atoms. The van der Waals surface area contributed by atoms with E-state index >= 15 is 0 Å². The first kappa shape index (κ1) is 13.3. The zero-order valence-electron chi connectivity index (χ0n) is 12.2. The van der Waals surface area contributed by atoms with Gasteiger partial charge in [-0.1, -0.05) is 12.1 Å². The molecule has 3 heterocycles. The molecule has 0 aliphatic carbocycles. The van der Waals surface area contributed by atoms with Crippen molar-refractivity contribution in [3.8, 4) is 0 Å². The van der Waals surface area contributed by atoms with Crippen molar-refractivity contribution in [2.45, 2.75) is 12.5 Å². The number of rotatable bonds is 3. The van der Waals surface area contributed by atoms with Gasteiger partial charge in [0.15, 0.2) is 0 Å². The van der Waals surface area contributed by atoms with E-state index < -0.39 is 0 Å². The van der Waals surface area contributed by atoms with Gasteiger partial charge in [0.2, 0.25) is 0 Å². The van der Waals surface area contributed by atoms with E-state index in [1.807, 2.05) is 18.4 Å². The summed E-state index contributed by atoms with van der Waals surface area (Å²) < 4.78 is 5.43. The van der Waals surface area contributed by atoms with E-state index in [0.29, 0.717) is 11.9 Å².